The van der Waals surface area contributed by atoms with Crippen molar-refractivity contribution in [1.82, 2.24) is 14.5 Å². The second kappa shape index (κ2) is 11.0. The molecule has 1 fully saturated rings. The summed E-state index contributed by atoms with van der Waals surface area (Å²) >= 11 is 0. The summed E-state index contributed by atoms with van der Waals surface area (Å²) in [6.07, 6.45) is 7.88. The van der Waals surface area contributed by atoms with Gasteiger partial charge in [-0.05, 0) is 37.5 Å². The molecule has 182 valence electrons. The number of carbonyl (C=O) groups is 2. The van der Waals surface area contributed by atoms with E-state index in [0.717, 1.165) is 24.0 Å². The van der Waals surface area contributed by atoms with Gasteiger partial charge in [0.1, 0.15) is 11.5 Å². The molecule has 2 heterocycles. The van der Waals surface area contributed by atoms with Crippen LogP contribution < -0.4 is 4.74 Å². The Bertz CT molecular complexity index is 1200. The van der Waals surface area contributed by atoms with Gasteiger partial charge in [-0.2, -0.15) is 0 Å². The first-order chi connectivity index (χ1) is 17.0. The van der Waals surface area contributed by atoms with Gasteiger partial charge in [0.25, 0.3) is 11.7 Å². The SMILES string of the molecule is CCCCOc1cccc(C2/C(=C(\O)c3ccc(C)cc3)C(=O)C(=O)N2CCCn2ccnc2)c1. The number of amides is 1. The van der Waals surface area contributed by atoms with Crippen LogP contribution >= 0.6 is 0 Å². The lowest BCUT2D eigenvalue weighted by Gasteiger charge is -2.26. The Morgan fingerprint density at radius 1 is 1.09 bits per heavy atom. The summed E-state index contributed by atoms with van der Waals surface area (Å²) < 4.78 is 7.81. The Kier molecular flexibility index (Phi) is 7.65. The predicted octanol–water partition coefficient (Wildman–Crippen LogP) is 4.88. The average molecular weight is 474 g/mol. The number of hydrogen-bond acceptors (Lipinski definition) is 5. The quantitative estimate of drug-likeness (QED) is 0.196. The van der Waals surface area contributed by atoms with Crippen LogP contribution in [-0.4, -0.2) is 44.4 Å². The molecule has 35 heavy (non-hydrogen) atoms. The van der Waals surface area contributed by atoms with Crippen LogP contribution in [-0.2, 0) is 16.1 Å². The van der Waals surface area contributed by atoms with Crippen molar-refractivity contribution in [3.8, 4) is 5.75 Å². The van der Waals surface area contributed by atoms with Crippen LogP contribution in [0.5, 0.6) is 5.75 Å². The molecular formula is C28H31N3O4. The Labute approximate surface area is 205 Å². The molecule has 1 aliphatic heterocycles. The molecule has 0 radical (unpaired) electrons. The highest BCUT2D eigenvalue weighted by molar-refractivity contribution is 6.46. The largest absolute Gasteiger partial charge is 0.507 e. The number of aryl methyl sites for hydroxylation is 2. The summed E-state index contributed by atoms with van der Waals surface area (Å²) in [5.74, 6) is -0.766. The van der Waals surface area contributed by atoms with Crippen molar-refractivity contribution in [3.63, 3.8) is 0 Å². The third kappa shape index (κ3) is 5.45. The zero-order chi connectivity index (χ0) is 24.8. The van der Waals surface area contributed by atoms with Crippen LogP contribution in [0, 0.1) is 6.92 Å². The molecule has 0 bridgehead atoms. The Balaban J connectivity index is 1.71. The molecule has 2 aromatic carbocycles. The standard InChI is InChI=1S/C28H31N3O4/c1-3-4-17-35-23-8-5-7-22(18-23)25-24(26(32)21-11-9-20(2)10-12-21)27(33)28(34)31(25)15-6-14-30-16-13-29-19-30/h5,7-13,16,18-19,25,32H,3-4,6,14-15,17H2,1-2H3/b26-24+. The van der Waals surface area contributed by atoms with E-state index in [1.807, 2.05) is 54.1 Å². The number of benzene rings is 2. The van der Waals surface area contributed by atoms with E-state index < -0.39 is 17.7 Å². The molecule has 0 spiro atoms. The summed E-state index contributed by atoms with van der Waals surface area (Å²) in [6, 6.07) is 14.0. The van der Waals surface area contributed by atoms with E-state index >= 15 is 0 Å². The van der Waals surface area contributed by atoms with E-state index in [-0.39, 0.29) is 11.3 Å². The fourth-order valence-electron chi connectivity index (χ4n) is 4.28. The lowest BCUT2D eigenvalue weighted by atomic mass is 9.95. The fraction of sp³-hybridized carbons (Fsp3) is 0.321. The maximum atomic E-state index is 13.2. The fourth-order valence-corrected chi connectivity index (χ4v) is 4.28. The summed E-state index contributed by atoms with van der Waals surface area (Å²) in [6.45, 7) is 5.66. The second-order valence-electron chi connectivity index (χ2n) is 8.79. The second-order valence-corrected chi connectivity index (χ2v) is 8.79. The summed E-state index contributed by atoms with van der Waals surface area (Å²) in [5.41, 5.74) is 2.38. The van der Waals surface area contributed by atoms with Gasteiger partial charge in [0.2, 0.25) is 0 Å². The van der Waals surface area contributed by atoms with Crippen molar-refractivity contribution in [2.45, 2.75) is 45.7 Å². The number of carbonyl (C=O) groups excluding carboxylic acids is 2. The molecule has 3 aromatic rings. The zero-order valence-corrected chi connectivity index (χ0v) is 20.2. The van der Waals surface area contributed by atoms with Crippen molar-refractivity contribution < 1.29 is 19.4 Å². The number of imidazole rings is 1. The molecule has 0 aliphatic carbocycles. The third-order valence-electron chi connectivity index (χ3n) is 6.18. The van der Waals surface area contributed by atoms with Crippen LogP contribution in [0.15, 0.2) is 72.8 Å². The van der Waals surface area contributed by atoms with Crippen molar-refractivity contribution in [1.29, 1.82) is 0 Å². The molecule has 1 amide bonds. The number of aromatic nitrogens is 2. The first-order valence-corrected chi connectivity index (χ1v) is 12.0. The molecule has 1 aromatic heterocycles. The number of hydrogen-bond donors (Lipinski definition) is 1. The summed E-state index contributed by atoms with van der Waals surface area (Å²) in [5, 5.41) is 11.2. The smallest absolute Gasteiger partial charge is 0.295 e. The minimum atomic E-state index is -0.700. The first-order valence-electron chi connectivity index (χ1n) is 12.0. The molecular weight excluding hydrogens is 442 g/mol. The minimum Gasteiger partial charge on any atom is -0.507 e. The normalized spacial score (nSPS) is 17.2. The van der Waals surface area contributed by atoms with Gasteiger partial charge in [0.05, 0.1) is 24.5 Å². The number of aliphatic hydroxyl groups is 1. The van der Waals surface area contributed by atoms with E-state index in [4.69, 9.17) is 4.74 Å². The zero-order valence-electron chi connectivity index (χ0n) is 20.2. The lowest BCUT2D eigenvalue weighted by molar-refractivity contribution is -0.139. The number of rotatable bonds is 10. The highest BCUT2D eigenvalue weighted by Gasteiger charge is 2.45. The van der Waals surface area contributed by atoms with Crippen LogP contribution in [0.2, 0.25) is 0 Å². The maximum Gasteiger partial charge on any atom is 0.295 e. The van der Waals surface area contributed by atoms with Crippen molar-refractivity contribution >= 4 is 17.4 Å². The maximum absolute atomic E-state index is 13.2. The van der Waals surface area contributed by atoms with E-state index in [2.05, 4.69) is 11.9 Å². The van der Waals surface area contributed by atoms with Gasteiger partial charge in [0, 0.05) is 31.0 Å². The van der Waals surface area contributed by atoms with Gasteiger partial charge in [0.15, 0.2) is 0 Å². The lowest BCUT2D eigenvalue weighted by Crippen LogP contribution is -2.31. The number of nitrogens with zero attached hydrogens (tertiary/aromatic N) is 3. The summed E-state index contributed by atoms with van der Waals surface area (Å²) in [7, 11) is 0. The van der Waals surface area contributed by atoms with Gasteiger partial charge in [-0.25, -0.2) is 4.98 Å². The van der Waals surface area contributed by atoms with E-state index in [1.165, 1.54) is 0 Å². The number of ether oxygens (including phenoxy) is 1. The Morgan fingerprint density at radius 2 is 1.89 bits per heavy atom. The van der Waals surface area contributed by atoms with Crippen molar-refractivity contribution in [2.24, 2.45) is 0 Å². The molecule has 7 heteroatoms. The number of ketones is 1. The van der Waals surface area contributed by atoms with Gasteiger partial charge in [-0.15, -0.1) is 0 Å². The summed E-state index contributed by atoms with van der Waals surface area (Å²) in [4.78, 5) is 32.0. The molecule has 7 nitrogen and oxygen atoms in total. The number of aliphatic hydroxyl groups excluding tert-OH is 1. The van der Waals surface area contributed by atoms with Gasteiger partial charge in [-0.3, -0.25) is 9.59 Å². The molecule has 1 unspecified atom stereocenters. The highest BCUT2D eigenvalue weighted by Crippen LogP contribution is 2.40. The van der Waals surface area contributed by atoms with Crippen molar-refractivity contribution in [2.75, 3.05) is 13.2 Å². The molecule has 1 atom stereocenters. The molecule has 1 saturated heterocycles. The molecule has 1 N–H and O–H groups in total. The Hall–Kier alpha value is -3.87. The predicted molar refractivity (Wildman–Crippen MR) is 134 cm³/mol. The van der Waals surface area contributed by atoms with E-state index in [0.29, 0.717) is 37.4 Å². The van der Waals surface area contributed by atoms with Crippen LogP contribution in [0.3, 0.4) is 0 Å². The number of unbranched alkanes of at least 4 members (excludes halogenated alkanes) is 1. The Morgan fingerprint density at radius 3 is 2.60 bits per heavy atom. The molecule has 0 saturated carbocycles. The third-order valence-corrected chi connectivity index (χ3v) is 6.18. The van der Waals surface area contributed by atoms with Crippen LogP contribution in [0.25, 0.3) is 5.76 Å². The molecule has 1 aliphatic rings. The van der Waals surface area contributed by atoms with Gasteiger partial charge in [-0.1, -0.05) is 55.3 Å². The number of likely N-dealkylation sites (tertiary alicyclic amines) is 1. The monoisotopic (exact) mass is 473 g/mol. The topological polar surface area (TPSA) is 84.7 Å². The van der Waals surface area contributed by atoms with Crippen molar-refractivity contribution in [3.05, 3.63) is 89.5 Å². The first kappa shape index (κ1) is 24.3. The van der Waals surface area contributed by atoms with E-state index in [9.17, 15) is 14.7 Å². The number of Topliss-reactive ketones (excluding diaryl/α,β-unsaturated/α-hetero) is 1. The van der Waals surface area contributed by atoms with E-state index in [1.54, 1.807) is 29.6 Å². The highest BCUT2D eigenvalue weighted by atomic mass is 16.5. The van der Waals surface area contributed by atoms with Crippen LogP contribution in [0.4, 0.5) is 0 Å². The average Bonchev–Trinajstić information content (AvgIpc) is 3.47. The van der Waals surface area contributed by atoms with Crippen LogP contribution in [0.1, 0.15) is 48.9 Å². The van der Waals surface area contributed by atoms with Gasteiger partial charge >= 0.3 is 0 Å². The van der Waals surface area contributed by atoms with Gasteiger partial charge < -0.3 is 19.3 Å². The molecule has 4 rings (SSSR count). The minimum absolute atomic E-state index is 0.104.